The van der Waals surface area contributed by atoms with Gasteiger partial charge in [-0.05, 0) is 41.8 Å². The SMILES string of the molecule is COC(=O)c1cc(-c2cccc(C(=O)O)c2C)ccc1Cl. The Morgan fingerprint density at radius 1 is 1.14 bits per heavy atom. The number of methoxy groups -OCH3 is 1. The van der Waals surface area contributed by atoms with E-state index in [9.17, 15) is 9.59 Å². The van der Waals surface area contributed by atoms with Crippen molar-refractivity contribution in [2.45, 2.75) is 6.92 Å². The molecule has 0 radical (unpaired) electrons. The van der Waals surface area contributed by atoms with Crippen molar-refractivity contribution >= 4 is 23.5 Å². The zero-order valence-electron chi connectivity index (χ0n) is 11.5. The molecule has 2 aromatic rings. The Kier molecular flexibility index (Phi) is 4.29. The van der Waals surface area contributed by atoms with Crippen LogP contribution >= 0.6 is 11.6 Å². The summed E-state index contributed by atoms with van der Waals surface area (Å²) < 4.78 is 4.68. The molecule has 0 spiro atoms. The maximum atomic E-state index is 11.7. The minimum Gasteiger partial charge on any atom is -0.478 e. The average molecular weight is 305 g/mol. The van der Waals surface area contributed by atoms with E-state index in [1.54, 1.807) is 37.3 Å². The molecule has 0 amide bonds. The van der Waals surface area contributed by atoms with Crippen molar-refractivity contribution in [2.75, 3.05) is 7.11 Å². The van der Waals surface area contributed by atoms with Crippen molar-refractivity contribution in [1.29, 1.82) is 0 Å². The lowest BCUT2D eigenvalue weighted by Gasteiger charge is -2.11. The average Bonchev–Trinajstić information content (AvgIpc) is 2.47. The van der Waals surface area contributed by atoms with Gasteiger partial charge in [-0.2, -0.15) is 0 Å². The minimum atomic E-state index is -0.989. The first-order chi connectivity index (χ1) is 9.95. The zero-order valence-corrected chi connectivity index (χ0v) is 12.3. The van der Waals surface area contributed by atoms with Crippen LogP contribution in [0.25, 0.3) is 11.1 Å². The van der Waals surface area contributed by atoms with E-state index in [4.69, 9.17) is 16.7 Å². The number of esters is 1. The molecule has 0 bridgehead atoms. The predicted molar refractivity (Wildman–Crippen MR) is 79.9 cm³/mol. The molecule has 0 heterocycles. The Morgan fingerprint density at radius 2 is 1.86 bits per heavy atom. The van der Waals surface area contributed by atoms with Gasteiger partial charge in [-0.3, -0.25) is 0 Å². The van der Waals surface area contributed by atoms with Crippen LogP contribution in [0.4, 0.5) is 0 Å². The number of hydrogen-bond acceptors (Lipinski definition) is 3. The van der Waals surface area contributed by atoms with Gasteiger partial charge in [0.25, 0.3) is 0 Å². The lowest BCUT2D eigenvalue weighted by atomic mass is 9.95. The molecule has 0 saturated heterocycles. The molecule has 2 rings (SSSR count). The number of carbonyl (C=O) groups excluding carboxylic acids is 1. The van der Waals surface area contributed by atoms with E-state index in [-0.39, 0.29) is 16.1 Å². The summed E-state index contributed by atoms with van der Waals surface area (Å²) in [6, 6.07) is 9.93. The molecule has 0 fully saturated rings. The van der Waals surface area contributed by atoms with Gasteiger partial charge in [0.05, 0.1) is 23.3 Å². The number of hydrogen-bond donors (Lipinski definition) is 1. The molecule has 0 aliphatic rings. The van der Waals surface area contributed by atoms with Crippen molar-refractivity contribution < 1.29 is 19.4 Å². The van der Waals surface area contributed by atoms with E-state index in [0.29, 0.717) is 11.1 Å². The third-order valence-electron chi connectivity index (χ3n) is 3.25. The van der Waals surface area contributed by atoms with Crippen LogP contribution in [0.3, 0.4) is 0 Å². The van der Waals surface area contributed by atoms with Gasteiger partial charge in [-0.1, -0.05) is 29.8 Å². The maximum Gasteiger partial charge on any atom is 0.339 e. The number of ether oxygens (including phenoxy) is 1. The van der Waals surface area contributed by atoms with E-state index in [1.807, 2.05) is 0 Å². The molecule has 0 aliphatic heterocycles. The van der Waals surface area contributed by atoms with Gasteiger partial charge >= 0.3 is 11.9 Å². The normalized spacial score (nSPS) is 10.2. The fraction of sp³-hybridized carbons (Fsp3) is 0.125. The number of halogens is 1. The summed E-state index contributed by atoms with van der Waals surface area (Å²) in [5, 5.41) is 9.46. The molecule has 0 atom stereocenters. The van der Waals surface area contributed by atoms with Crippen LogP contribution < -0.4 is 0 Å². The van der Waals surface area contributed by atoms with Crippen LogP contribution in [0.15, 0.2) is 36.4 Å². The molecule has 2 aromatic carbocycles. The van der Waals surface area contributed by atoms with Crippen molar-refractivity contribution in [1.82, 2.24) is 0 Å². The summed E-state index contributed by atoms with van der Waals surface area (Å²) in [5.74, 6) is -1.52. The highest BCUT2D eigenvalue weighted by Gasteiger charge is 2.15. The minimum absolute atomic E-state index is 0.224. The lowest BCUT2D eigenvalue weighted by molar-refractivity contribution is 0.0600. The Hall–Kier alpha value is -2.33. The Balaban J connectivity index is 2.60. The van der Waals surface area contributed by atoms with Crippen LogP contribution in [0.5, 0.6) is 0 Å². The van der Waals surface area contributed by atoms with E-state index in [1.165, 1.54) is 13.2 Å². The highest BCUT2D eigenvalue weighted by atomic mass is 35.5. The standard InChI is InChI=1S/C16H13ClO4/c1-9-11(4-3-5-12(9)15(18)19)10-6-7-14(17)13(8-10)16(20)21-2/h3-8H,1-2H3,(H,18,19). The third-order valence-corrected chi connectivity index (χ3v) is 3.58. The molecule has 4 nitrogen and oxygen atoms in total. The largest absolute Gasteiger partial charge is 0.478 e. The second-order valence-corrected chi connectivity index (χ2v) is 4.88. The zero-order chi connectivity index (χ0) is 15.6. The molecule has 5 heteroatoms. The number of carboxylic acid groups (broad SMARTS) is 1. The van der Waals surface area contributed by atoms with E-state index >= 15 is 0 Å². The number of rotatable bonds is 3. The van der Waals surface area contributed by atoms with E-state index < -0.39 is 11.9 Å². The number of benzene rings is 2. The Bertz CT molecular complexity index is 722. The Morgan fingerprint density at radius 3 is 2.48 bits per heavy atom. The van der Waals surface area contributed by atoms with Crippen molar-refractivity contribution in [3.8, 4) is 11.1 Å². The monoisotopic (exact) mass is 304 g/mol. The first-order valence-electron chi connectivity index (χ1n) is 6.17. The highest BCUT2D eigenvalue weighted by Crippen LogP contribution is 2.29. The van der Waals surface area contributed by atoms with Gasteiger partial charge in [-0.25, -0.2) is 9.59 Å². The summed E-state index contributed by atoms with van der Waals surface area (Å²) in [6.07, 6.45) is 0. The van der Waals surface area contributed by atoms with E-state index in [0.717, 1.165) is 5.56 Å². The first-order valence-corrected chi connectivity index (χ1v) is 6.54. The summed E-state index contributed by atoms with van der Waals surface area (Å²) in [6.45, 7) is 1.73. The summed E-state index contributed by atoms with van der Waals surface area (Å²) in [5.41, 5.74) is 2.54. The van der Waals surface area contributed by atoms with Gasteiger partial charge in [0.1, 0.15) is 0 Å². The van der Waals surface area contributed by atoms with Gasteiger partial charge < -0.3 is 9.84 Å². The topological polar surface area (TPSA) is 63.6 Å². The molecule has 0 saturated carbocycles. The number of carbonyl (C=O) groups is 2. The predicted octanol–water partition coefficient (Wildman–Crippen LogP) is 3.80. The molecule has 0 aromatic heterocycles. The summed E-state index contributed by atoms with van der Waals surface area (Å²) in [7, 11) is 1.28. The molecular weight excluding hydrogens is 292 g/mol. The van der Waals surface area contributed by atoms with Crippen molar-refractivity contribution in [3.63, 3.8) is 0 Å². The summed E-state index contributed by atoms with van der Waals surface area (Å²) in [4.78, 5) is 22.9. The second kappa shape index (κ2) is 5.97. The van der Waals surface area contributed by atoms with Gasteiger partial charge in [0, 0.05) is 0 Å². The van der Waals surface area contributed by atoms with Crippen LogP contribution in [-0.4, -0.2) is 24.2 Å². The summed E-state index contributed by atoms with van der Waals surface area (Å²) >= 11 is 5.98. The molecule has 108 valence electrons. The maximum absolute atomic E-state index is 11.7. The lowest BCUT2D eigenvalue weighted by Crippen LogP contribution is -2.03. The van der Waals surface area contributed by atoms with Gasteiger partial charge in [-0.15, -0.1) is 0 Å². The highest BCUT2D eigenvalue weighted by molar-refractivity contribution is 6.33. The van der Waals surface area contributed by atoms with Crippen molar-refractivity contribution in [3.05, 3.63) is 58.1 Å². The van der Waals surface area contributed by atoms with Crippen LogP contribution in [0, 0.1) is 6.92 Å². The second-order valence-electron chi connectivity index (χ2n) is 4.47. The van der Waals surface area contributed by atoms with Gasteiger partial charge in [0.15, 0.2) is 0 Å². The number of aromatic carboxylic acids is 1. The van der Waals surface area contributed by atoms with E-state index in [2.05, 4.69) is 4.74 Å². The quantitative estimate of drug-likeness (QED) is 0.876. The fourth-order valence-electron chi connectivity index (χ4n) is 2.14. The smallest absolute Gasteiger partial charge is 0.339 e. The molecule has 0 unspecified atom stereocenters. The molecule has 1 N–H and O–H groups in total. The van der Waals surface area contributed by atoms with Crippen LogP contribution in [0.1, 0.15) is 26.3 Å². The molecular formula is C16H13ClO4. The molecule has 21 heavy (non-hydrogen) atoms. The van der Waals surface area contributed by atoms with Crippen LogP contribution in [-0.2, 0) is 4.74 Å². The van der Waals surface area contributed by atoms with Crippen LogP contribution in [0.2, 0.25) is 5.02 Å². The van der Waals surface area contributed by atoms with Crippen molar-refractivity contribution in [2.24, 2.45) is 0 Å². The fourth-order valence-corrected chi connectivity index (χ4v) is 2.33. The first kappa shape index (κ1) is 15.1. The Labute approximate surface area is 126 Å². The number of carboxylic acids is 1. The third kappa shape index (κ3) is 2.90. The molecule has 0 aliphatic carbocycles. The van der Waals surface area contributed by atoms with Gasteiger partial charge in [0.2, 0.25) is 0 Å².